The monoisotopic (exact) mass is 463 g/mol. The molecule has 0 fully saturated rings. The maximum absolute atomic E-state index is 13.6. The first-order valence-corrected chi connectivity index (χ1v) is 9.64. The molecule has 0 bridgehead atoms. The van der Waals surface area contributed by atoms with Gasteiger partial charge in [0.1, 0.15) is 5.82 Å². The smallest absolute Gasteiger partial charge is 0.353 e. The number of guanidine groups is 1. The second-order valence-corrected chi connectivity index (χ2v) is 7.66. The van der Waals surface area contributed by atoms with E-state index in [1.165, 1.54) is 25.1 Å². The summed E-state index contributed by atoms with van der Waals surface area (Å²) in [4.78, 5) is 16.4. The number of amides is 1. The molecule has 0 spiro atoms. The summed E-state index contributed by atoms with van der Waals surface area (Å²) in [7, 11) is 0. The van der Waals surface area contributed by atoms with Gasteiger partial charge in [-0.2, -0.15) is 18.2 Å². The molecule has 2 N–H and O–H groups in total. The Bertz CT molecular complexity index is 914. The zero-order chi connectivity index (χ0) is 22.5. The lowest BCUT2D eigenvalue weighted by Gasteiger charge is -2.22. The van der Waals surface area contributed by atoms with Crippen molar-refractivity contribution in [2.45, 2.75) is 32.5 Å². The van der Waals surface area contributed by atoms with Gasteiger partial charge in [-0.1, -0.05) is 36.2 Å². The van der Waals surface area contributed by atoms with Crippen molar-refractivity contribution in [2.75, 3.05) is 5.32 Å². The van der Waals surface area contributed by atoms with Gasteiger partial charge >= 0.3 is 6.18 Å². The van der Waals surface area contributed by atoms with Crippen molar-refractivity contribution in [3.8, 4) is 0 Å². The molecule has 162 valence electrons. The van der Waals surface area contributed by atoms with Crippen LogP contribution in [0.1, 0.15) is 30.6 Å². The maximum atomic E-state index is 13.6. The van der Waals surface area contributed by atoms with E-state index in [0.29, 0.717) is 5.02 Å². The molecule has 0 radical (unpaired) electrons. The Kier molecular flexibility index (Phi) is 8.09. The Morgan fingerprint density at radius 2 is 1.80 bits per heavy atom. The highest BCUT2D eigenvalue weighted by atomic mass is 35.5. The van der Waals surface area contributed by atoms with Crippen molar-refractivity contribution in [2.24, 2.45) is 10.9 Å². The van der Waals surface area contributed by atoms with Gasteiger partial charge in [0.2, 0.25) is 5.96 Å². The summed E-state index contributed by atoms with van der Waals surface area (Å²) in [5.41, 5.74) is 0.346. The van der Waals surface area contributed by atoms with Gasteiger partial charge in [0, 0.05) is 27.3 Å². The number of alkyl halides is 3. The van der Waals surface area contributed by atoms with Crippen molar-refractivity contribution in [1.82, 2.24) is 5.32 Å². The van der Waals surface area contributed by atoms with Gasteiger partial charge in [0.15, 0.2) is 0 Å². The highest BCUT2D eigenvalue weighted by Crippen LogP contribution is 2.29. The zero-order valence-electron chi connectivity index (χ0n) is 16.0. The molecule has 0 aliphatic heterocycles. The molecule has 0 aromatic heterocycles. The quantitative estimate of drug-likeness (QED) is 0.310. The summed E-state index contributed by atoms with van der Waals surface area (Å²) in [6.07, 6.45) is -4.62. The summed E-state index contributed by atoms with van der Waals surface area (Å²) in [5, 5.41) is 5.86. The fourth-order valence-corrected chi connectivity index (χ4v) is 3.01. The number of carbonyl (C=O) groups is 1. The number of hydrogen-bond donors (Lipinski definition) is 2. The number of aliphatic imine (C=N–C) groups is 1. The summed E-state index contributed by atoms with van der Waals surface area (Å²) in [6.45, 7) is 2.58. The topological polar surface area (TPSA) is 53.5 Å². The number of anilines is 1. The Hall–Kier alpha value is -2.32. The molecule has 0 saturated carbocycles. The predicted octanol–water partition coefficient (Wildman–Crippen LogP) is 6.31. The lowest BCUT2D eigenvalue weighted by molar-refractivity contribution is -0.172. The Morgan fingerprint density at radius 3 is 2.40 bits per heavy atom. The van der Waals surface area contributed by atoms with Crippen LogP contribution < -0.4 is 10.6 Å². The lowest BCUT2D eigenvalue weighted by atomic mass is 10.0. The van der Waals surface area contributed by atoms with E-state index in [0.717, 1.165) is 19.1 Å². The molecule has 10 heteroatoms. The molecule has 2 unspecified atom stereocenters. The van der Waals surface area contributed by atoms with E-state index in [9.17, 15) is 22.4 Å². The van der Waals surface area contributed by atoms with Crippen LogP contribution in [-0.4, -0.2) is 24.1 Å². The van der Waals surface area contributed by atoms with Crippen LogP contribution in [0.5, 0.6) is 0 Å². The maximum Gasteiger partial charge on any atom is 0.391 e. The van der Waals surface area contributed by atoms with Gasteiger partial charge in [-0.25, -0.2) is 4.39 Å². The third-order valence-electron chi connectivity index (χ3n) is 4.06. The van der Waals surface area contributed by atoms with Crippen LogP contribution in [0.3, 0.4) is 0 Å². The summed E-state index contributed by atoms with van der Waals surface area (Å²) >= 11 is 11.7. The molecule has 0 saturated heterocycles. The summed E-state index contributed by atoms with van der Waals surface area (Å²) in [6, 6.07) is 8.90. The van der Waals surface area contributed by atoms with E-state index in [1.54, 1.807) is 12.1 Å². The number of rotatable bonds is 5. The molecule has 1 amide bonds. The highest BCUT2D eigenvalue weighted by Gasteiger charge is 2.36. The molecule has 0 heterocycles. The summed E-state index contributed by atoms with van der Waals surface area (Å²) in [5.74, 6) is -3.05. The molecule has 30 heavy (non-hydrogen) atoms. The number of nitrogens with zero attached hydrogens (tertiary/aromatic N) is 1. The average Bonchev–Trinajstić information content (AvgIpc) is 2.59. The first-order valence-electron chi connectivity index (χ1n) is 8.89. The predicted molar refractivity (Wildman–Crippen MR) is 111 cm³/mol. The Balaban J connectivity index is 2.28. The van der Waals surface area contributed by atoms with Crippen molar-refractivity contribution in [3.05, 3.63) is 63.9 Å². The molecule has 2 aromatic carbocycles. The zero-order valence-corrected chi connectivity index (χ0v) is 17.5. The molecule has 2 rings (SSSR count). The standard InChI is InChI=1S/C20H19Cl2F4N3O/c1-11(20(24,25)26)6-12(2)27-19(28-17-9-15(22)8-16(23)10-17)29-18(30)13-4-3-5-14(21)7-13/h3-5,7-12H,6H2,1-2H3,(H2,27,28,29,30). The van der Waals surface area contributed by atoms with Crippen LogP contribution in [-0.2, 0) is 0 Å². The lowest BCUT2D eigenvalue weighted by Crippen LogP contribution is -2.40. The van der Waals surface area contributed by atoms with E-state index < -0.39 is 29.9 Å². The Labute approximate surface area is 181 Å². The third kappa shape index (κ3) is 7.50. The Morgan fingerprint density at radius 1 is 1.10 bits per heavy atom. The number of carbonyl (C=O) groups excluding carboxylic acids is 1. The van der Waals surface area contributed by atoms with Crippen LogP contribution in [0.25, 0.3) is 0 Å². The molecule has 0 aliphatic rings. The fourth-order valence-electron chi connectivity index (χ4n) is 2.60. The van der Waals surface area contributed by atoms with Crippen molar-refractivity contribution < 1.29 is 22.4 Å². The van der Waals surface area contributed by atoms with E-state index in [4.69, 9.17) is 23.2 Å². The van der Waals surface area contributed by atoms with Crippen LogP contribution in [0, 0.1) is 11.7 Å². The number of hydrogen-bond acceptors (Lipinski definition) is 1. The van der Waals surface area contributed by atoms with Crippen LogP contribution in [0.15, 0.2) is 47.5 Å². The second kappa shape index (κ2) is 10.1. The normalized spacial score (nSPS) is 14.2. The third-order valence-corrected chi connectivity index (χ3v) is 4.51. The van der Waals surface area contributed by atoms with E-state index >= 15 is 0 Å². The minimum Gasteiger partial charge on any atom is -0.353 e. The molecule has 2 aromatic rings. The molecular formula is C20H19Cl2F4N3O. The van der Waals surface area contributed by atoms with Gasteiger partial charge in [-0.3, -0.25) is 4.79 Å². The molecule has 0 aliphatic carbocycles. The minimum atomic E-state index is -4.35. The largest absolute Gasteiger partial charge is 0.391 e. The SMILES string of the molecule is CC(CC(C)C(F)(F)F)N/C(=N\C(=O)c1cccc(Cl)c1)Nc1cc(F)cc(Cl)c1. The molecule has 2 atom stereocenters. The molecular weight excluding hydrogens is 445 g/mol. The van der Waals surface area contributed by atoms with Gasteiger partial charge in [0.25, 0.3) is 5.91 Å². The van der Waals surface area contributed by atoms with E-state index in [1.807, 2.05) is 0 Å². The van der Waals surface area contributed by atoms with Gasteiger partial charge in [-0.15, -0.1) is 0 Å². The van der Waals surface area contributed by atoms with Crippen molar-refractivity contribution >= 4 is 40.8 Å². The summed E-state index contributed by atoms with van der Waals surface area (Å²) < 4.78 is 52.2. The van der Waals surface area contributed by atoms with E-state index in [-0.39, 0.29) is 28.7 Å². The number of nitrogens with one attached hydrogen (secondary N) is 2. The van der Waals surface area contributed by atoms with Gasteiger partial charge in [-0.05, 0) is 49.7 Å². The second-order valence-electron chi connectivity index (χ2n) is 6.78. The average molecular weight is 464 g/mol. The van der Waals surface area contributed by atoms with Gasteiger partial charge < -0.3 is 10.6 Å². The first kappa shape index (κ1) is 24.0. The van der Waals surface area contributed by atoms with Gasteiger partial charge in [0.05, 0.1) is 5.92 Å². The van der Waals surface area contributed by atoms with E-state index in [2.05, 4.69) is 15.6 Å². The van der Waals surface area contributed by atoms with Crippen LogP contribution in [0.2, 0.25) is 10.0 Å². The van der Waals surface area contributed by atoms with Crippen LogP contribution >= 0.6 is 23.2 Å². The fraction of sp³-hybridized carbons (Fsp3) is 0.300. The van der Waals surface area contributed by atoms with Crippen molar-refractivity contribution in [1.29, 1.82) is 0 Å². The number of benzene rings is 2. The van der Waals surface area contributed by atoms with Crippen LogP contribution in [0.4, 0.5) is 23.2 Å². The molecule has 4 nitrogen and oxygen atoms in total. The highest BCUT2D eigenvalue weighted by molar-refractivity contribution is 6.31. The van der Waals surface area contributed by atoms with Crippen molar-refractivity contribution in [3.63, 3.8) is 0 Å². The number of halogens is 6. The first-order chi connectivity index (χ1) is 13.9. The minimum absolute atomic E-state index is 0.0942.